The van der Waals surface area contributed by atoms with E-state index in [1.807, 2.05) is 13.8 Å². The highest BCUT2D eigenvalue weighted by atomic mass is 16.7. The Balaban J connectivity index is 1.00. The summed E-state index contributed by atoms with van der Waals surface area (Å²) in [6.07, 6.45) is -16.9. The third-order valence-electron chi connectivity index (χ3n) is 19.9. The van der Waals surface area contributed by atoms with E-state index in [0.717, 1.165) is 37.7 Å². The molecule has 0 aromatic carbocycles. The van der Waals surface area contributed by atoms with Gasteiger partial charge in [-0.15, -0.1) is 0 Å². The average Bonchev–Trinajstić information content (AvgIpc) is 3.71. The molecule has 67 heavy (non-hydrogen) atoms. The van der Waals surface area contributed by atoms with Crippen molar-refractivity contribution in [2.24, 2.45) is 56.7 Å². The van der Waals surface area contributed by atoms with Gasteiger partial charge in [-0.05, 0) is 117 Å². The minimum Gasteiger partial charge on any atom is -0.432 e. The second-order valence-corrected chi connectivity index (χ2v) is 22.8. The highest BCUT2D eigenvalue weighted by molar-refractivity contribution is 5.78. The molecule has 0 spiro atoms. The summed E-state index contributed by atoms with van der Waals surface area (Å²) in [5.74, 6) is -0.388. The zero-order valence-corrected chi connectivity index (χ0v) is 39.5. The molecule has 0 bridgehead atoms. The topological polar surface area (TPSA) is 315 Å². The SMILES string of the molecule is C=C(C)[C@@H]1CC[C@]2(C(=O)O[C@@H]3O[C@H](CO[C@@H]4O[C@H](CO)[C@@H](O)[C@H](O)[C@H]4O)[C@@H](O)[C@H](O)[C@H]3O)CC[C@]3(C)[C@@H](CC[C@@H]4[C@@]5(C)CC[C@H](O[C@@H]6O[C@H](CO)[C@@H](O)[C@H](O)[C@H]6O)[C@@](C)(CO)[C@H]5CC[C@]43C)[C@@H]12. The first-order valence-corrected chi connectivity index (χ1v) is 24.5. The van der Waals surface area contributed by atoms with E-state index in [2.05, 4.69) is 27.4 Å². The van der Waals surface area contributed by atoms with Crippen molar-refractivity contribution >= 4 is 5.97 Å². The molecule has 26 atom stereocenters. The molecule has 8 aliphatic rings. The molecule has 384 valence electrons. The number of carbonyl (C=O) groups is 1. The van der Waals surface area contributed by atoms with Crippen molar-refractivity contribution in [2.45, 2.75) is 197 Å². The molecule has 8 rings (SSSR count). The van der Waals surface area contributed by atoms with E-state index < -0.39 is 135 Å². The molecule has 19 heteroatoms. The van der Waals surface area contributed by atoms with Gasteiger partial charge in [-0.2, -0.15) is 0 Å². The van der Waals surface area contributed by atoms with Gasteiger partial charge in [0.25, 0.3) is 0 Å². The Morgan fingerprint density at radius 2 is 1.16 bits per heavy atom. The van der Waals surface area contributed by atoms with Crippen molar-refractivity contribution < 1.29 is 94.5 Å². The fraction of sp³-hybridized carbons (Fsp3) is 0.938. The number of carbonyl (C=O) groups excluding carboxylic acids is 1. The fourth-order valence-corrected chi connectivity index (χ4v) is 15.8. The maximum absolute atomic E-state index is 15.0. The molecule has 3 saturated heterocycles. The molecule has 0 unspecified atom stereocenters. The van der Waals surface area contributed by atoms with Gasteiger partial charge in [0, 0.05) is 5.41 Å². The lowest BCUT2D eigenvalue weighted by Crippen LogP contribution is -2.68. The number of aliphatic hydroxyl groups excluding tert-OH is 12. The van der Waals surface area contributed by atoms with E-state index in [4.69, 9.17) is 28.4 Å². The average molecular weight is 959 g/mol. The molecular formula is C48H78O19. The van der Waals surface area contributed by atoms with Gasteiger partial charge in [-0.3, -0.25) is 4.79 Å². The summed E-state index contributed by atoms with van der Waals surface area (Å²) in [4.78, 5) is 15.0. The molecule has 0 radical (unpaired) electrons. The molecule has 0 aromatic heterocycles. The van der Waals surface area contributed by atoms with Crippen LogP contribution in [-0.4, -0.2) is 192 Å². The lowest BCUT2D eigenvalue weighted by atomic mass is 9.32. The lowest BCUT2D eigenvalue weighted by Gasteiger charge is -2.73. The largest absolute Gasteiger partial charge is 0.432 e. The number of aliphatic hydroxyl groups is 12. The van der Waals surface area contributed by atoms with Crippen molar-refractivity contribution in [1.29, 1.82) is 0 Å². The summed E-state index contributed by atoms with van der Waals surface area (Å²) in [7, 11) is 0. The Kier molecular flexibility index (Phi) is 14.6. The second kappa shape index (κ2) is 18.9. The third-order valence-corrected chi connectivity index (χ3v) is 19.9. The van der Waals surface area contributed by atoms with Crippen molar-refractivity contribution in [3.8, 4) is 0 Å². The fourth-order valence-electron chi connectivity index (χ4n) is 15.8. The van der Waals surface area contributed by atoms with Gasteiger partial charge in [-0.25, -0.2) is 0 Å². The van der Waals surface area contributed by atoms with Gasteiger partial charge < -0.3 is 89.7 Å². The maximum Gasteiger partial charge on any atom is 0.314 e. The van der Waals surface area contributed by atoms with Crippen LogP contribution < -0.4 is 0 Å². The summed E-state index contributed by atoms with van der Waals surface area (Å²) in [6, 6.07) is 0. The first kappa shape index (κ1) is 51.9. The molecule has 12 N–H and O–H groups in total. The van der Waals surface area contributed by atoms with E-state index >= 15 is 0 Å². The summed E-state index contributed by atoms with van der Waals surface area (Å²) in [5.41, 5.74) is -1.40. The standard InChI is InChI=1S/C48H78O19/c1-21(2)22-9-14-48(43(61)67-42-39(60)36(57)33(54)26(65-42)19-62-40-37(58)34(55)31(52)24(17-49)63-40)16-15-46(5)23(30(22)48)7-8-28-44(3)12-11-29(45(4,20-51)27(44)10-13-47(28,46)6)66-41-38(59)35(56)32(53)25(18-50)64-41/h22-42,49-60H,1,7-20H2,2-6H3/t22-,23-,24+,25+,26+,27-,28+,29-,30+,31+,32+,33+,34-,35-,36-,37+,38+,39+,40+,41-,42-,44-,45-,46+,47+,48-/m0/s1. The number of rotatable bonds is 11. The zero-order valence-electron chi connectivity index (χ0n) is 39.5. The highest BCUT2D eigenvalue weighted by Crippen LogP contribution is 2.78. The quantitative estimate of drug-likeness (QED) is 0.0669. The minimum atomic E-state index is -1.82. The summed E-state index contributed by atoms with van der Waals surface area (Å²) in [6.45, 7) is 13.6. The molecule has 0 aromatic rings. The van der Waals surface area contributed by atoms with Crippen LogP contribution in [0.5, 0.6) is 0 Å². The highest BCUT2D eigenvalue weighted by Gasteiger charge is 2.73. The Hall–Kier alpha value is -1.47. The normalized spacial score (nSPS) is 55.4. The second-order valence-electron chi connectivity index (χ2n) is 22.8. The number of ether oxygens (including phenoxy) is 6. The van der Waals surface area contributed by atoms with Crippen molar-refractivity contribution in [3.63, 3.8) is 0 Å². The van der Waals surface area contributed by atoms with Gasteiger partial charge >= 0.3 is 5.97 Å². The van der Waals surface area contributed by atoms with Crippen LogP contribution in [0.15, 0.2) is 12.2 Å². The van der Waals surface area contributed by atoms with Crippen molar-refractivity contribution in [3.05, 3.63) is 12.2 Å². The van der Waals surface area contributed by atoms with Crippen LogP contribution in [0.25, 0.3) is 0 Å². The van der Waals surface area contributed by atoms with E-state index in [-0.39, 0.29) is 52.4 Å². The first-order valence-electron chi connectivity index (χ1n) is 24.5. The predicted octanol–water partition coefficient (Wildman–Crippen LogP) is -1.03. The molecule has 3 heterocycles. The van der Waals surface area contributed by atoms with Crippen molar-refractivity contribution in [1.82, 2.24) is 0 Å². The van der Waals surface area contributed by atoms with Gasteiger partial charge in [-0.1, -0.05) is 39.8 Å². The number of hydrogen-bond acceptors (Lipinski definition) is 19. The van der Waals surface area contributed by atoms with Gasteiger partial charge in [0.05, 0.1) is 37.9 Å². The first-order chi connectivity index (χ1) is 31.5. The van der Waals surface area contributed by atoms with Crippen molar-refractivity contribution in [2.75, 3.05) is 26.4 Å². The van der Waals surface area contributed by atoms with Gasteiger partial charge in [0.2, 0.25) is 6.29 Å². The van der Waals surface area contributed by atoms with E-state index in [1.165, 1.54) is 0 Å². The van der Waals surface area contributed by atoms with Crippen LogP contribution in [0.2, 0.25) is 0 Å². The van der Waals surface area contributed by atoms with Crippen LogP contribution in [0.3, 0.4) is 0 Å². The van der Waals surface area contributed by atoms with Crippen LogP contribution in [0.1, 0.15) is 98.8 Å². The van der Waals surface area contributed by atoms with E-state index in [9.17, 15) is 66.1 Å². The summed E-state index contributed by atoms with van der Waals surface area (Å²) in [5, 5.41) is 126. The lowest BCUT2D eigenvalue weighted by molar-refractivity contribution is -0.335. The minimum absolute atomic E-state index is 0.00114. The molecule has 8 fully saturated rings. The Labute approximate surface area is 392 Å². The number of esters is 1. The maximum atomic E-state index is 15.0. The molecular weight excluding hydrogens is 881 g/mol. The van der Waals surface area contributed by atoms with Crippen LogP contribution >= 0.6 is 0 Å². The summed E-state index contributed by atoms with van der Waals surface area (Å²) >= 11 is 0. The van der Waals surface area contributed by atoms with E-state index in [0.29, 0.717) is 32.1 Å². The third kappa shape index (κ3) is 8.01. The van der Waals surface area contributed by atoms with Crippen LogP contribution in [0, 0.1) is 56.7 Å². The van der Waals surface area contributed by atoms with Gasteiger partial charge in [0.15, 0.2) is 12.6 Å². The number of fused-ring (bicyclic) bond motifs is 7. The Bertz CT molecular complexity index is 1790. The molecule has 5 aliphatic carbocycles. The smallest absolute Gasteiger partial charge is 0.314 e. The molecule has 19 nitrogen and oxygen atoms in total. The molecule has 3 aliphatic heterocycles. The van der Waals surface area contributed by atoms with E-state index in [1.54, 1.807) is 0 Å². The molecule has 0 amide bonds. The van der Waals surface area contributed by atoms with Crippen LogP contribution in [0.4, 0.5) is 0 Å². The number of hydrogen-bond donors (Lipinski definition) is 12. The summed E-state index contributed by atoms with van der Waals surface area (Å²) < 4.78 is 35.3. The molecule has 5 saturated carbocycles. The van der Waals surface area contributed by atoms with Gasteiger partial charge in [0.1, 0.15) is 73.2 Å². The predicted molar refractivity (Wildman–Crippen MR) is 232 cm³/mol. The van der Waals surface area contributed by atoms with Crippen LogP contribution in [-0.2, 0) is 33.2 Å². The monoisotopic (exact) mass is 959 g/mol. The number of allylic oxidation sites excluding steroid dienone is 1. The Morgan fingerprint density at radius 1 is 0.597 bits per heavy atom. The Morgan fingerprint density at radius 3 is 1.76 bits per heavy atom. The zero-order chi connectivity index (χ0) is 48.9.